The van der Waals surface area contributed by atoms with E-state index in [9.17, 15) is 0 Å². The van der Waals surface area contributed by atoms with E-state index in [2.05, 4.69) is 40.7 Å². The molecule has 0 aliphatic carbocycles. The lowest BCUT2D eigenvalue weighted by Crippen LogP contribution is -2.11. The van der Waals surface area contributed by atoms with E-state index >= 15 is 0 Å². The topological polar surface area (TPSA) is 49.8 Å². The molecule has 0 aliphatic heterocycles. The summed E-state index contributed by atoms with van der Waals surface area (Å²) in [7, 11) is 0. The fourth-order valence-corrected chi connectivity index (χ4v) is 2.44. The van der Waals surface area contributed by atoms with E-state index in [0.29, 0.717) is 0 Å². The first kappa shape index (κ1) is 16.1. The Morgan fingerprint density at radius 2 is 1.84 bits per heavy atom. The molecule has 0 aliphatic rings. The van der Waals surface area contributed by atoms with Crippen molar-refractivity contribution in [2.24, 2.45) is 0 Å². The number of thioether (sulfide) groups is 1. The number of anilines is 2. The summed E-state index contributed by atoms with van der Waals surface area (Å²) < 4.78 is 0. The molecule has 0 spiro atoms. The largest absolute Gasteiger partial charge is 0.370 e. The number of aromatic nitrogens is 2. The third kappa shape index (κ3) is 5.68. The zero-order valence-electron chi connectivity index (χ0n) is 12.3. The summed E-state index contributed by atoms with van der Waals surface area (Å²) >= 11 is 1.90. The molecule has 5 heteroatoms. The van der Waals surface area contributed by atoms with Crippen LogP contribution >= 0.6 is 11.8 Å². The van der Waals surface area contributed by atoms with Crippen molar-refractivity contribution in [3.05, 3.63) is 11.9 Å². The highest BCUT2D eigenvalue weighted by molar-refractivity contribution is 7.98. The second-order valence-electron chi connectivity index (χ2n) is 4.46. The van der Waals surface area contributed by atoms with Gasteiger partial charge in [-0.1, -0.05) is 13.3 Å². The standard InChI is InChI=1S/C14H26N4S/c1-4-8-12-13(15-5-2)17-11-18-14(12)16-9-6-7-10-19-3/h11H,4-10H2,1-3H3,(H2,15,16,17,18). The molecule has 0 unspecified atom stereocenters. The van der Waals surface area contributed by atoms with E-state index in [-0.39, 0.29) is 0 Å². The van der Waals surface area contributed by atoms with E-state index in [1.807, 2.05) is 11.8 Å². The predicted molar refractivity (Wildman–Crippen MR) is 86.3 cm³/mol. The maximum absolute atomic E-state index is 4.39. The van der Waals surface area contributed by atoms with Crippen LogP contribution in [0.1, 0.15) is 38.7 Å². The van der Waals surface area contributed by atoms with Crippen LogP contribution in [-0.2, 0) is 6.42 Å². The summed E-state index contributed by atoms with van der Waals surface area (Å²) in [4.78, 5) is 8.73. The Bertz CT molecular complexity index is 357. The van der Waals surface area contributed by atoms with Gasteiger partial charge in [-0.3, -0.25) is 0 Å². The highest BCUT2D eigenvalue weighted by Crippen LogP contribution is 2.21. The maximum Gasteiger partial charge on any atom is 0.134 e. The summed E-state index contributed by atoms with van der Waals surface area (Å²) in [6, 6.07) is 0. The van der Waals surface area contributed by atoms with Crippen molar-refractivity contribution >= 4 is 23.4 Å². The normalized spacial score (nSPS) is 10.5. The molecule has 0 saturated heterocycles. The zero-order valence-corrected chi connectivity index (χ0v) is 13.1. The SMILES string of the molecule is CCCc1c(NCC)ncnc1NCCCCSC. The summed E-state index contributed by atoms with van der Waals surface area (Å²) in [5.41, 5.74) is 1.22. The number of rotatable bonds is 10. The van der Waals surface area contributed by atoms with Gasteiger partial charge in [-0.2, -0.15) is 11.8 Å². The molecular formula is C14H26N4S. The summed E-state index contributed by atoms with van der Waals surface area (Å²) in [5, 5.41) is 6.77. The van der Waals surface area contributed by atoms with Crippen LogP contribution in [0.4, 0.5) is 11.6 Å². The van der Waals surface area contributed by atoms with Gasteiger partial charge in [-0.05, 0) is 38.2 Å². The molecule has 1 heterocycles. The van der Waals surface area contributed by atoms with E-state index < -0.39 is 0 Å². The van der Waals surface area contributed by atoms with Gasteiger partial charge in [0.2, 0.25) is 0 Å². The first-order valence-corrected chi connectivity index (χ1v) is 8.53. The second kappa shape index (κ2) is 9.89. The smallest absolute Gasteiger partial charge is 0.134 e. The van der Waals surface area contributed by atoms with Gasteiger partial charge in [0.05, 0.1) is 0 Å². The molecule has 1 aromatic heterocycles. The van der Waals surface area contributed by atoms with Gasteiger partial charge in [0.15, 0.2) is 0 Å². The lowest BCUT2D eigenvalue weighted by molar-refractivity contribution is 0.831. The molecule has 1 aromatic rings. The van der Waals surface area contributed by atoms with Crippen molar-refractivity contribution in [2.45, 2.75) is 39.5 Å². The molecule has 108 valence electrons. The van der Waals surface area contributed by atoms with Crippen LogP contribution in [0.2, 0.25) is 0 Å². The highest BCUT2D eigenvalue weighted by atomic mass is 32.2. The maximum atomic E-state index is 4.39. The Morgan fingerprint density at radius 1 is 1.11 bits per heavy atom. The van der Waals surface area contributed by atoms with Gasteiger partial charge < -0.3 is 10.6 Å². The molecule has 0 amide bonds. The molecule has 0 aromatic carbocycles. The van der Waals surface area contributed by atoms with Crippen molar-refractivity contribution < 1.29 is 0 Å². The summed E-state index contributed by atoms with van der Waals surface area (Å²) in [6.45, 7) is 6.15. The fraction of sp³-hybridized carbons (Fsp3) is 0.714. The molecule has 4 nitrogen and oxygen atoms in total. The minimum atomic E-state index is 0.890. The van der Waals surface area contributed by atoms with Crippen molar-refractivity contribution in [3.8, 4) is 0 Å². The van der Waals surface area contributed by atoms with E-state index in [1.165, 1.54) is 24.2 Å². The van der Waals surface area contributed by atoms with Crippen LogP contribution in [0.25, 0.3) is 0 Å². The van der Waals surface area contributed by atoms with Crippen molar-refractivity contribution in [2.75, 3.05) is 35.7 Å². The second-order valence-corrected chi connectivity index (χ2v) is 5.44. The van der Waals surface area contributed by atoms with Crippen LogP contribution in [0.3, 0.4) is 0 Å². The molecule has 2 N–H and O–H groups in total. The monoisotopic (exact) mass is 282 g/mol. The van der Waals surface area contributed by atoms with Crippen molar-refractivity contribution in [1.82, 2.24) is 9.97 Å². The summed E-state index contributed by atoms with van der Waals surface area (Å²) in [5.74, 6) is 3.21. The Labute approximate surface area is 121 Å². The molecule has 0 bridgehead atoms. The average molecular weight is 282 g/mol. The molecule has 0 fully saturated rings. The van der Waals surface area contributed by atoms with E-state index in [1.54, 1.807) is 6.33 Å². The van der Waals surface area contributed by atoms with E-state index in [0.717, 1.165) is 37.6 Å². The third-order valence-corrected chi connectivity index (χ3v) is 3.55. The molecule has 0 radical (unpaired) electrons. The van der Waals surface area contributed by atoms with Gasteiger partial charge in [-0.25, -0.2) is 9.97 Å². The van der Waals surface area contributed by atoms with Gasteiger partial charge in [0.25, 0.3) is 0 Å². The fourth-order valence-electron chi connectivity index (χ4n) is 1.95. The van der Waals surface area contributed by atoms with Gasteiger partial charge in [0, 0.05) is 18.7 Å². The zero-order chi connectivity index (χ0) is 13.9. The minimum absolute atomic E-state index is 0.890. The number of nitrogens with zero attached hydrogens (tertiary/aromatic N) is 2. The Hall–Kier alpha value is -0.970. The number of nitrogens with one attached hydrogen (secondary N) is 2. The van der Waals surface area contributed by atoms with Crippen LogP contribution < -0.4 is 10.6 Å². The van der Waals surface area contributed by atoms with Crippen LogP contribution in [0.15, 0.2) is 6.33 Å². The molecule has 19 heavy (non-hydrogen) atoms. The first-order chi connectivity index (χ1) is 9.33. The molecular weight excluding hydrogens is 256 g/mol. The van der Waals surface area contributed by atoms with Gasteiger partial charge >= 0.3 is 0 Å². The third-order valence-electron chi connectivity index (χ3n) is 2.86. The number of hydrogen-bond acceptors (Lipinski definition) is 5. The number of hydrogen-bond donors (Lipinski definition) is 2. The predicted octanol–water partition coefficient (Wildman–Crippen LogP) is 3.42. The summed E-state index contributed by atoms with van der Waals surface area (Å²) in [6.07, 6.45) is 8.35. The van der Waals surface area contributed by atoms with Crippen molar-refractivity contribution in [1.29, 1.82) is 0 Å². The Balaban J connectivity index is 2.61. The molecule has 0 saturated carbocycles. The lowest BCUT2D eigenvalue weighted by Gasteiger charge is -2.14. The quantitative estimate of drug-likeness (QED) is 0.644. The Morgan fingerprint density at radius 3 is 2.47 bits per heavy atom. The van der Waals surface area contributed by atoms with Gasteiger partial charge in [-0.15, -0.1) is 0 Å². The van der Waals surface area contributed by atoms with E-state index in [4.69, 9.17) is 0 Å². The van der Waals surface area contributed by atoms with Gasteiger partial charge in [0.1, 0.15) is 18.0 Å². The minimum Gasteiger partial charge on any atom is -0.370 e. The molecule has 0 atom stereocenters. The lowest BCUT2D eigenvalue weighted by atomic mass is 10.1. The number of unbranched alkanes of at least 4 members (excludes halogenated alkanes) is 1. The van der Waals surface area contributed by atoms with Crippen LogP contribution in [0.5, 0.6) is 0 Å². The highest BCUT2D eigenvalue weighted by Gasteiger charge is 2.09. The average Bonchev–Trinajstić information content (AvgIpc) is 2.42. The first-order valence-electron chi connectivity index (χ1n) is 7.14. The van der Waals surface area contributed by atoms with Crippen molar-refractivity contribution in [3.63, 3.8) is 0 Å². The van der Waals surface area contributed by atoms with Crippen LogP contribution in [-0.4, -0.2) is 35.1 Å². The van der Waals surface area contributed by atoms with Crippen LogP contribution in [0, 0.1) is 0 Å². The Kier molecular flexibility index (Phi) is 8.38. The molecule has 1 rings (SSSR count).